The third-order valence-corrected chi connectivity index (χ3v) is 4.73. The summed E-state index contributed by atoms with van der Waals surface area (Å²) >= 11 is 0. The molecule has 16 heteroatoms. The monoisotopic (exact) mass is 498 g/mol. The number of carbonyl (C=O) groups excluding carboxylic acids is 5. The summed E-state index contributed by atoms with van der Waals surface area (Å²) in [7, 11) is 0. The summed E-state index contributed by atoms with van der Waals surface area (Å²) in [6.07, 6.45) is 0.0402. The Morgan fingerprint density at radius 1 is 1.00 bits per heavy atom. The Morgan fingerprint density at radius 3 is 2.11 bits per heavy atom. The van der Waals surface area contributed by atoms with Gasteiger partial charge in [-0.3, -0.25) is 24.0 Å². The molecule has 0 radical (unpaired) electrons. The number of amides is 5. The molecule has 0 aliphatic carbocycles. The molecule has 194 valence electrons. The summed E-state index contributed by atoms with van der Waals surface area (Å²) in [5, 5.41) is 25.8. The summed E-state index contributed by atoms with van der Waals surface area (Å²) in [5.41, 5.74) is 16.5. The van der Waals surface area contributed by atoms with Crippen LogP contribution >= 0.6 is 0 Å². The number of aromatic nitrogens is 2. The van der Waals surface area contributed by atoms with Crippen molar-refractivity contribution in [2.45, 2.75) is 62.9 Å². The number of H-pyrrole nitrogens is 1. The zero-order valence-corrected chi connectivity index (χ0v) is 18.9. The van der Waals surface area contributed by atoms with Gasteiger partial charge in [-0.05, 0) is 13.3 Å². The van der Waals surface area contributed by atoms with Crippen molar-refractivity contribution in [3.8, 4) is 0 Å². The lowest BCUT2D eigenvalue weighted by molar-refractivity contribution is -0.144. The number of imidazole rings is 1. The molecular weight excluding hydrogens is 468 g/mol. The van der Waals surface area contributed by atoms with Crippen molar-refractivity contribution < 1.29 is 39.0 Å². The largest absolute Gasteiger partial charge is 0.480 e. The van der Waals surface area contributed by atoms with Crippen LogP contribution in [0.5, 0.6) is 0 Å². The van der Waals surface area contributed by atoms with E-state index in [0.717, 1.165) is 0 Å². The first-order valence-electron chi connectivity index (χ1n) is 10.4. The Balaban J connectivity index is 2.94. The lowest BCUT2D eigenvalue weighted by Crippen LogP contribution is -2.60. The molecule has 1 aromatic rings. The minimum Gasteiger partial charge on any atom is -0.480 e. The van der Waals surface area contributed by atoms with Crippen LogP contribution in [0, 0.1) is 0 Å². The van der Waals surface area contributed by atoms with E-state index in [1.807, 2.05) is 5.32 Å². The highest BCUT2D eigenvalue weighted by atomic mass is 16.4. The molecule has 0 bridgehead atoms. The van der Waals surface area contributed by atoms with Gasteiger partial charge in [-0.1, -0.05) is 0 Å². The van der Waals surface area contributed by atoms with Crippen LogP contribution in [-0.4, -0.2) is 86.0 Å². The van der Waals surface area contributed by atoms with Crippen LogP contribution in [0.2, 0.25) is 0 Å². The Kier molecular flexibility index (Phi) is 11.3. The molecule has 0 spiro atoms. The maximum atomic E-state index is 12.8. The van der Waals surface area contributed by atoms with Crippen LogP contribution in [-0.2, 0) is 35.2 Å². The molecular formula is C19H30N8O8. The number of primary amides is 2. The fourth-order valence-electron chi connectivity index (χ4n) is 2.88. The van der Waals surface area contributed by atoms with Crippen molar-refractivity contribution in [1.29, 1.82) is 0 Å². The molecule has 5 atom stereocenters. The van der Waals surface area contributed by atoms with E-state index < -0.39 is 72.2 Å². The predicted octanol–water partition coefficient (Wildman–Crippen LogP) is -4.66. The van der Waals surface area contributed by atoms with E-state index in [0.29, 0.717) is 5.69 Å². The number of carboxylic acids is 1. The molecule has 12 N–H and O–H groups in total. The van der Waals surface area contributed by atoms with Crippen LogP contribution < -0.4 is 33.2 Å². The van der Waals surface area contributed by atoms with Crippen LogP contribution in [0.4, 0.5) is 0 Å². The van der Waals surface area contributed by atoms with Gasteiger partial charge in [0.2, 0.25) is 29.5 Å². The Labute approximate surface area is 199 Å². The highest BCUT2D eigenvalue weighted by Gasteiger charge is 2.33. The number of nitrogens with zero attached hydrogens (tertiary/aromatic N) is 1. The van der Waals surface area contributed by atoms with Gasteiger partial charge < -0.3 is 48.3 Å². The first kappa shape index (κ1) is 29.0. The Morgan fingerprint density at radius 2 is 1.63 bits per heavy atom. The maximum Gasteiger partial charge on any atom is 0.326 e. The average Bonchev–Trinajstić information content (AvgIpc) is 3.26. The van der Waals surface area contributed by atoms with Gasteiger partial charge in [0, 0.05) is 24.7 Å². The number of hydrogen-bond donors (Lipinski definition) is 9. The predicted molar refractivity (Wildman–Crippen MR) is 118 cm³/mol. The highest BCUT2D eigenvalue weighted by molar-refractivity contribution is 5.95. The Bertz CT molecular complexity index is 920. The second-order valence-corrected chi connectivity index (χ2v) is 7.75. The van der Waals surface area contributed by atoms with Gasteiger partial charge in [-0.15, -0.1) is 0 Å². The van der Waals surface area contributed by atoms with Gasteiger partial charge in [-0.2, -0.15) is 0 Å². The fraction of sp³-hybridized carbons (Fsp3) is 0.526. The van der Waals surface area contributed by atoms with E-state index in [4.69, 9.17) is 17.2 Å². The van der Waals surface area contributed by atoms with Gasteiger partial charge in [0.1, 0.15) is 18.1 Å². The molecule has 0 saturated carbocycles. The molecule has 0 fully saturated rings. The van der Waals surface area contributed by atoms with Crippen molar-refractivity contribution >= 4 is 35.5 Å². The van der Waals surface area contributed by atoms with Crippen LogP contribution in [0.25, 0.3) is 0 Å². The van der Waals surface area contributed by atoms with E-state index in [1.54, 1.807) is 0 Å². The number of aliphatic hydroxyl groups excluding tert-OH is 1. The van der Waals surface area contributed by atoms with Crippen LogP contribution in [0.15, 0.2) is 12.5 Å². The number of nitrogens with one attached hydrogen (secondary N) is 4. The molecule has 16 nitrogen and oxygen atoms in total. The molecule has 1 rings (SSSR count). The average molecular weight is 498 g/mol. The Hall–Kier alpha value is -4.05. The normalized spacial score (nSPS) is 15.1. The van der Waals surface area contributed by atoms with E-state index in [2.05, 4.69) is 20.6 Å². The van der Waals surface area contributed by atoms with E-state index in [-0.39, 0.29) is 19.3 Å². The summed E-state index contributed by atoms with van der Waals surface area (Å²) < 4.78 is 0. The smallest absolute Gasteiger partial charge is 0.326 e. The van der Waals surface area contributed by atoms with Gasteiger partial charge in [-0.25, -0.2) is 9.78 Å². The first-order valence-corrected chi connectivity index (χ1v) is 10.4. The fourth-order valence-corrected chi connectivity index (χ4v) is 2.88. The van der Waals surface area contributed by atoms with Crippen LogP contribution in [0.1, 0.15) is 31.9 Å². The maximum absolute atomic E-state index is 12.8. The van der Waals surface area contributed by atoms with Crippen molar-refractivity contribution in [2.24, 2.45) is 17.2 Å². The third-order valence-electron chi connectivity index (χ3n) is 4.73. The van der Waals surface area contributed by atoms with Crippen molar-refractivity contribution in [2.75, 3.05) is 0 Å². The topological polar surface area (TPSA) is 286 Å². The zero-order chi connectivity index (χ0) is 26.7. The number of rotatable bonds is 15. The molecule has 0 aliphatic rings. The van der Waals surface area contributed by atoms with Gasteiger partial charge in [0.15, 0.2) is 0 Å². The summed E-state index contributed by atoms with van der Waals surface area (Å²) in [4.78, 5) is 78.0. The third kappa shape index (κ3) is 10.2. The zero-order valence-electron chi connectivity index (χ0n) is 18.9. The second kappa shape index (κ2) is 13.6. The number of nitrogens with two attached hydrogens (primary N) is 3. The summed E-state index contributed by atoms with van der Waals surface area (Å²) in [6, 6.07) is -5.86. The quantitative estimate of drug-likeness (QED) is 0.111. The molecule has 5 amide bonds. The van der Waals surface area contributed by atoms with E-state index in [9.17, 15) is 39.0 Å². The summed E-state index contributed by atoms with van der Waals surface area (Å²) in [5.74, 6) is -6.23. The second-order valence-electron chi connectivity index (χ2n) is 7.75. The number of aliphatic hydroxyl groups is 1. The van der Waals surface area contributed by atoms with E-state index >= 15 is 0 Å². The minimum absolute atomic E-state index is 0.0556. The molecule has 35 heavy (non-hydrogen) atoms. The molecule has 0 aromatic carbocycles. The van der Waals surface area contributed by atoms with Gasteiger partial charge in [0.05, 0.1) is 24.9 Å². The number of aliphatic carboxylic acids is 1. The lowest BCUT2D eigenvalue weighted by atomic mass is 10.1. The standard InChI is InChI=1S/C19H30N8O8/c1-8(28)15(27-16(31)10(20)4-9-6-23-7-24-9)18(33)25-11(2-3-13(21)29)17(32)26-12(19(34)35)5-14(22)30/h6-8,10-12,15,28H,2-5,20H2,1H3,(H2,21,29)(H2,22,30)(H,23,24)(H,25,33)(H,26,32)(H,27,31)(H,34,35). The summed E-state index contributed by atoms with van der Waals surface area (Å²) in [6.45, 7) is 1.21. The van der Waals surface area contributed by atoms with E-state index in [1.165, 1.54) is 19.4 Å². The molecule has 1 aromatic heterocycles. The van der Waals surface area contributed by atoms with Gasteiger partial charge in [0.25, 0.3) is 0 Å². The number of aromatic amines is 1. The number of hydrogen-bond acceptors (Lipinski definition) is 9. The van der Waals surface area contributed by atoms with Crippen LogP contribution in [0.3, 0.4) is 0 Å². The molecule has 0 aliphatic heterocycles. The SMILES string of the molecule is CC(O)C(NC(=O)C(N)Cc1cnc[nH]1)C(=O)NC(CCC(N)=O)C(=O)NC(CC(N)=O)C(=O)O. The highest BCUT2D eigenvalue weighted by Crippen LogP contribution is 2.04. The number of carbonyl (C=O) groups is 6. The molecule has 1 heterocycles. The first-order chi connectivity index (χ1) is 16.3. The minimum atomic E-state index is -1.69. The molecule has 5 unspecified atom stereocenters. The lowest BCUT2D eigenvalue weighted by Gasteiger charge is -2.26. The van der Waals surface area contributed by atoms with Crippen molar-refractivity contribution in [3.05, 3.63) is 18.2 Å². The van der Waals surface area contributed by atoms with Crippen molar-refractivity contribution in [1.82, 2.24) is 25.9 Å². The van der Waals surface area contributed by atoms with Gasteiger partial charge >= 0.3 is 5.97 Å². The molecule has 0 saturated heterocycles. The number of carboxylic acid groups (broad SMARTS) is 1. The van der Waals surface area contributed by atoms with Crippen molar-refractivity contribution in [3.63, 3.8) is 0 Å².